The van der Waals surface area contributed by atoms with Crippen LogP contribution in [-0.4, -0.2) is 40.9 Å². The van der Waals surface area contributed by atoms with E-state index in [1.165, 1.54) is 0 Å². The second-order valence-corrected chi connectivity index (χ2v) is 8.31. The summed E-state index contributed by atoms with van der Waals surface area (Å²) in [6.07, 6.45) is 3.97. The third kappa shape index (κ3) is 4.92. The zero-order valence-corrected chi connectivity index (χ0v) is 19.3. The van der Waals surface area contributed by atoms with Crippen LogP contribution in [0.25, 0.3) is 11.1 Å². The third-order valence-electron chi connectivity index (χ3n) is 5.96. The summed E-state index contributed by atoms with van der Waals surface area (Å²) in [4.78, 5) is 17.0. The molecule has 0 radical (unpaired) electrons. The monoisotopic (exact) mass is 462 g/mol. The molecule has 2 heterocycles. The number of hydrogen-bond acceptors (Lipinski definition) is 7. The molecule has 4 rings (SSSR count). The summed E-state index contributed by atoms with van der Waals surface area (Å²) in [7, 11) is 1.57. The molecule has 2 aromatic carbocycles. The third-order valence-corrected chi connectivity index (χ3v) is 5.96. The number of methoxy groups -OCH3 is 1. The van der Waals surface area contributed by atoms with E-state index < -0.39 is 0 Å². The van der Waals surface area contributed by atoms with E-state index in [9.17, 15) is 15.0 Å². The van der Waals surface area contributed by atoms with E-state index in [-0.39, 0.29) is 30.5 Å². The average Bonchev–Trinajstić information content (AvgIpc) is 3.30. The lowest BCUT2D eigenvalue weighted by Gasteiger charge is -2.16. The second kappa shape index (κ2) is 10.4. The molecule has 0 spiro atoms. The quantitative estimate of drug-likeness (QED) is 0.322. The van der Waals surface area contributed by atoms with Gasteiger partial charge in [-0.2, -0.15) is 0 Å². The maximum absolute atomic E-state index is 12.7. The highest BCUT2D eigenvalue weighted by atomic mass is 16.5. The highest BCUT2D eigenvalue weighted by molar-refractivity contribution is 5.97. The van der Waals surface area contributed by atoms with Crippen LogP contribution in [0.1, 0.15) is 48.3 Å². The number of nitrogens with zero attached hydrogens (tertiary/aromatic N) is 1. The molecule has 8 nitrogen and oxygen atoms in total. The number of aromatic hydroxyl groups is 1. The molecule has 0 fully saturated rings. The number of rotatable bonds is 9. The Morgan fingerprint density at radius 2 is 2.00 bits per heavy atom. The van der Waals surface area contributed by atoms with Crippen LogP contribution in [0.2, 0.25) is 0 Å². The summed E-state index contributed by atoms with van der Waals surface area (Å²) in [5.74, 6) is 0.423. The van der Waals surface area contributed by atoms with Crippen LogP contribution in [-0.2, 0) is 0 Å². The van der Waals surface area contributed by atoms with Crippen molar-refractivity contribution in [2.75, 3.05) is 24.4 Å². The second-order valence-electron chi connectivity index (χ2n) is 8.31. The van der Waals surface area contributed by atoms with E-state index in [0.29, 0.717) is 17.0 Å². The molecule has 1 aliphatic heterocycles. The van der Waals surface area contributed by atoms with Crippen LogP contribution in [0.4, 0.5) is 11.4 Å². The number of benzene rings is 2. The van der Waals surface area contributed by atoms with Crippen molar-refractivity contribution in [1.82, 2.24) is 10.3 Å². The summed E-state index contributed by atoms with van der Waals surface area (Å²) in [6.45, 7) is 1.99. The molecule has 0 saturated carbocycles. The van der Waals surface area contributed by atoms with Crippen LogP contribution in [0.15, 0.2) is 54.7 Å². The van der Waals surface area contributed by atoms with E-state index in [4.69, 9.17) is 4.74 Å². The van der Waals surface area contributed by atoms with Gasteiger partial charge in [0, 0.05) is 22.9 Å². The lowest BCUT2D eigenvalue weighted by atomic mass is 10.0. The molecule has 34 heavy (non-hydrogen) atoms. The SMILES string of the molecule is CCCCC(CO)NC(=O)c1ccc2c(c1)NC(c1cc(-c3cccnc3OC)ccc1O)N2. The van der Waals surface area contributed by atoms with Gasteiger partial charge in [0.25, 0.3) is 5.91 Å². The molecule has 2 unspecified atom stereocenters. The lowest BCUT2D eigenvalue weighted by Crippen LogP contribution is -2.37. The van der Waals surface area contributed by atoms with Crippen molar-refractivity contribution < 1.29 is 19.7 Å². The molecular weight excluding hydrogens is 432 g/mol. The fourth-order valence-corrected chi connectivity index (χ4v) is 4.09. The van der Waals surface area contributed by atoms with Gasteiger partial charge < -0.3 is 30.9 Å². The zero-order valence-electron chi connectivity index (χ0n) is 19.3. The van der Waals surface area contributed by atoms with Crippen LogP contribution in [0, 0.1) is 0 Å². The summed E-state index contributed by atoms with van der Waals surface area (Å²) in [5, 5.41) is 29.7. The maximum Gasteiger partial charge on any atom is 0.251 e. The Kier molecular flexibility index (Phi) is 7.18. The van der Waals surface area contributed by atoms with Gasteiger partial charge in [0.05, 0.1) is 31.1 Å². The predicted octanol–water partition coefficient (Wildman–Crippen LogP) is 4.28. The molecule has 0 aliphatic carbocycles. The highest BCUT2D eigenvalue weighted by Gasteiger charge is 2.25. The predicted molar refractivity (Wildman–Crippen MR) is 132 cm³/mol. The Morgan fingerprint density at radius 1 is 1.18 bits per heavy atom. The molecule has 1 aromatic heterocycles. The zero-order chi connectivity index (χ0) is 24.1. The lowest BCUT2D eigenvalue weighted by molar-refractivity contribution is 0.0912. The Morgan fingerprint density at radius 3 is 2.76 bits per heavy atom. The van der Waals surface area contributed by atoms with Gasteiger partial charge >= 0.3 is 0 Å². The molecule has 3 aromatic rings. The van der Waals surface area contributed by atoms with Crippen LogP contribution < -0.4 is 20.7 Å². The van der Waals surface area contributed by atoms with Crippen molar-refractivity contribution in [3.05, 3.63) is 65.9 Å². The van der Waals surface area contributed by atoms with E-state index in [1.807, 2.05) is 30.3 Å². The minimum Gasteiger partial charge on any atom is -0.508 e. The first kappa shape index (κ1) is 23.4. The molecule has 1 aliphatic rings. The Labute approximate surface area is 199 Å². The van der Waals surface area contributed by atoms with Gasteiger partial charge in [-0.15, -0.1) is 0 Å². The summed E-state index contributed by atoms with van der Waals surface area (Å²) < 4.78 is 5.38. The number of aliphatic hydroxyl groups excluding tert-OH is 1. The minimum absolute atomic E-state index is 0.0874. The van der Waals surface area contributed by atoms with Gasteiger partial charge in [0.2, 0.25) is 5.88 Å². The summed E-state index contributed by atoms with van der Waals surface area (Å²) >= 11 is 0. The number of nitrogens with one attached hydrogen (secondary N) is 3. The summed E-state index contributed by atoms with van der Waals surface area (Å²) in [5.41, 5.74) is 4.43. The van der Waals surface area contributed by atoms with Gasteiger partial charge in [-0.3, -0.25) is 4.79 Å². The summed E-state index contributed by atoms with van der Waals surface area (Å²) in [6, 6.07) is 14.2. The topological polar surface area (TPSA) is 116 Å². The van der Waals surface area contributed by atoms with Crippen molar-refractivity contribution >= 4 is 17.3 Å². The fourth-order valence-electron chi connectivity index (χ4n) is 4.09. The normalized spacial score (nSPS) is 15.1. The largest absolute Gasteiger partial charge is 0.508 e. The molecule has 2 atom stereocenters. The molecule has 0 bridgehead atoms. The number of hydrogen-bond donors (Lipinski definition) is 5. The number of phenols is 1. The fraction of sp³-hybridized carbons (Fsp3) is 0.308. The number of pyridine rings is 1. The number of carbonyl (C=O) groups is 1. The van der Waals surface area contributed by atoms with E-state index in [1.54, 1.807) is 31.5 Å². The smallest absolute Gasteiger partial charge is 0.251 e. The first-order chi connectivity index (χ1) is 16.5. The highest BCUT2D eigenvalue weighted by Crippen LogP contribution is 2.40. The van der Waals surface area contributed by atoms with Gasteiger partial charge in [-0.05, 0) is 54.4 Å². The number of anilines is 2. The van der Waals surface area contributed by atoms with Crippen molar-refractivity contribution in [2.24, 2.45) is 0 Å². The van der Waals surface area contributed by atoms with Crippen LogP contribution in [0.5, 0.6) is 11.6 Å². The van der Waals surface area contributed by atoms with Crippen molar-refractivity contribution in [1.29, 1.82) is 0 Å². The number of aromatic nitrogens is 1. The number of phenolic OH excluding ortho intramolecular Hbond substituents is 1. The number of aliphatic hydroxyl groups is 1. The number of carbonyl (C=O) groups excluding carboxylic acids is 1. The number of fused-ring (bicyclic) bond motifs is 1. The Balaban J connectivity index is 1.53. The van der Waals surface area contributed by atoms with Crippen molar-refractivity contribution in [3.8, 4) is 22.8 Å². The Hall–Kier alpha value is -3.78. The standard InChI is InChI=1S/C26H30N4O4/c1-3-4-6-18(15-31)28-25(33)17-8-10-21-22(14-17)30-24(29-21)20-13-16(9-11-23(20)32)19-7-5-12-27-26(19)34-2/h5,7-14,18,24,29-32H,3-4,6,15H2,1-2H3,(H,28,33). The van der Waals surface area contributed by atoms with Crippen LogP contribution in [0.3, 0.4) is 0 Å². The maximum atomic E-state index is 12.7. The molecule has 0 saturated heterocycles. The molecule has 8 heteroatoms. The molecular formula is C26H30N4O4. The van der Waals surface area contributed by atoms with Gasteiger partial charge in [-0.25, -0.2) is 4.98 Å². The Bertz CT molecular complexity index is 1170. The first-order valence-corrected chi connectivity index (χ1v) is 11.4. The molecule has 1 amide bonds. The van der Waals surface area contributed by atoms with Gasteiger partial charge in [0.15, 0.2) is 0 Å². The number of unbranched alkanes of at least 4 members (excludes halogenated alkanes) is 1. The van der Waals surface area contributed by atoms with Gasteiger partial charge in [0.1, 0.15) is 11.9 Å². The van der Waals surface area contributed by atoms with Gasteiger partial charge in [-0.1, -0.05) is 25.8 Å². The number of ether oxygens (including phenoxy) is 1. The minimum atomic E-state index is -0.384. The first-order valence-electron chi connectivity index (χ1n) is 11.4. The number of amides is 1. The van der Waals surface area contributed by atoms with E-state index in [2.05, 4.69) is 27.9 Å². The average molecular weight is 463 g/mol. The van der Waals surface area contributed by atoms with E-state index in [0.717, 1.165) is 41.8 Å². The van der Waals surface area contributed by atoms with Crippen LogP contribution >= 0.6 is 0 Å². The molecule has 5 N–H and O–H groups in total. The van der Waals surface area contributed by atoms with E-state index >= 15 is 0 Å². The van der Waals surface area contributed by atoms with Crippen molar-refractivity contribution in [3.63, 3.8) is 0 Å². The van der Waals surface area contributed by atoms with Crippen molar-refractivity contribution in [2.45, 2.75) is 38.4 Å². The molecule has 178 valence electrons.